The molecule has 31 nitrogen and oxygen atoms in total. The van der Waals surface area contributed by atoms with E-state index in [-0.39, 0.29) is 96.9 Å². The Bertz CT molecular complexity index is 6530. The van der Waals surface area contributed by atoms with Gasteiger partial charge in [0.2, 0.25) is 28.3 Å². The van der Waals surface area contributed by atoms with Crippen molar-refractivity contribution in [2.24, 2.45) is 17.4 Å². The number of alkyl halides is 6. The summed E-state index contributed by atoms with van der Waals surface area (Å²) in [5, 5.41) is 23.6. The normalized spacial score (nSPS) is 18.1. The molecule has 3 aliphatic carbocycles. The van der Waals surface area contributed by atoms with Gasteiger partial charge in [0.05, 0.1) is 47.3 Å². The maximum absolute atomic E-state index is 13.7. The average Bonchev–Trinajstić information content (AvgIpc) is 1.46. The van der Waals surface area contributed by atoms with Crippen LogP contribution in [0.25, 0.3) is 11.9 Å². The Morgan fingerprint density at radius 1 is 0.426 bits per heavy atom. The number of nitrogens with one attached hydrogen (secondary N) is 6. The van der Waals surface area contributed by atoms with Crippen LogP contribution >= 0.6 is 47.2 Å². The largest absolute Gasteiger partial charge is 0.465 e. The molecule has 4 fully saturated rings. The third-order valence-electron chi connectivity index (χ3n) is 27.3. The Balaban J connectivity index is 0.000000140. The van der Waals surface area contributed by atoms with E-state index in [0.717, 1.165) is 202 Å². The minimum atomic E-state index is -2.55. The number of likely N-dealkylation sites (tertiary alicyclic amines) is 1. The molecule has 148 heavy (non-hydrogen) atoms. The van der Waals surface area contributed by atoms with Gasteiger partial charge in [-0.15, -0.1) is 12.4 Å². The first-order valence-corrected chi connectivity index (χ1v) is 51.4. The van der Waals surface area contributed by atoms with Crippen LogP contribution in [0.1, 0.15) is 197 Å². The van der Waals surface area contributed by atoms with Crippen molar-refractivity contribution in [3.05, 3.63) is 307 Å². The van der Waals surface area contributed by atoms with Crippen LogP contribution in [0.4, 0.5) is 48.6 Å². The molecule has 788 valence electrons. The van der Waals surface area contributed by atoms with Crippen molar-refractivity contribution in [3.63, 3.8) is 0 Å². The number of aromatic nitrogens is 14. The summed E-state index contributed by atoms with van der Waals surface area (Å²) in [6, 6.07) is 54.6. The molecule has 3 saturated carbocycles. The van der Waals surface area contributed by atoms with Crippen LogP contribution in [0.5, 0.6) is 0 Å². The molecule has 12 aromatic rings. The Morgan fingerprint density at radius 3 is 1.16 bits per heavy atom. The van der Waals surface area contributed by atoms with E-state index in [4.69, 9.17) is 64.3 Å². The molecule has 2 amide bonds. The molecule has 1 unspecified atom stereocenters. The number of nitrogens with two attached hydrogens (primary N) is 2. The van der Waals surface area contributed by atoms with Crippen molar-refractivity contribution in [3.8, 4) is 11.9 Å². The minimum Gasteiger partial charge on any atom is -0.465 e. The average molecular weight is 2120 g/mol. The van der Waals surface area contributed by atoms with Crippen molar-refractivity contribution in [1.82, 2.24) is 99.2 Å². The van der Waals surface area contributed by atoms with Gasteiger partial charge in [-0.1, -0.05) is 163 Å². The molecule has 0 bridgehead atoms. The second-order valence-corrected chi connectivity index (χ2v) is 39.8. The van der Waals surface area contributed by atoms with Gasteiger partial charge < -0.3 is 42.5 Å². The number of rotatable bonds is 20. The lowest BCUT2D eigenvalue weighted by Crippen LogP contribution is -2.43. The zero-order valence-electron chi connectivity index (χ0n) is 83.9. The number of piperidine rings is 1. The molecular weight excluding hydrogens is 1990 g/mol. The van der Waals surface area contributed by atoms with Crippen LogP contribution in [0, 0.1) is 33.6 Å². The van der Waals surface area contributed by atoms with Crippen molar-refractivity contribution >= 4 is 82.4 Å². The quantitative estimate of drug-likeness (QED) is 0.0115. The number of H-pyrrole nitrogens is 2. The van der Waals surface area contributed by atoms with Gasteiger partial charge >= 0.3 is 17.7 Å². The van der Waals surface area contributed by atoms with Crippen molar-refractivity contribution in [2.75, 3.05) is 68.4 Å². The Labute approximate surface area is 878 Å². The molecule has 5 aromatic carbocycles. The van der Waals surface area contributed by atoms with E-state index in [0.29, 0.717) is 107 Å². The van der Waals surface area contributed by atoms with Gasteiger partial charge in [0.15, 0.2) is 5.78 Å². The summed E-state index contributed by atoms with van der Waals surface area (Å²) in [4.78, 5) is 108. The van der Waals surface area contributed by atoms with Crippen LogP contribution in [0.3, 0.4) is 0 Å². The number of aryl methyl sites for hydroxylation is 4. The summed E-state index contributed by atoms with van der Waals surface area (Å²) in [5.74, 6) is -5.23. The summed E-state index contributed by atoms with van der Waals surface area (Å²) in [6.07, 6.45) is 6.86. The van der Waals surface area contributed by atoms with Crippen molar-refractivity contribution in [2.45, 2.75) is 252 Å². The second-order valence-electron chi connectivity index (χ2n) is 38.8. The van der Waals surface area contributed by atoms with Crippen molar-refractivity contribution in [1.29, 1.82) is 0 Å². The van der Waals surface area contributed by atoms with Gasteiger partial charge in [0, 0.05) is 200 Å². The predicted octanol–water partition coefficient (Wildman–Crippen LogP) is 17.5. The molecule has 7 aromatic heterocycles. The zero-order valence-corrected chi connectivity index (χ0v) is 87.0. The summed E-state index contributed by atoms with van der Waals surface area (Å²) < 4.78 is 89.5. The number of ether oxygens (including phenoxy) is 1. The van der Waals surface area contributed by atoms with Crippen LogP contribution in [-0.2, 0) is 112 Å². The smallest absolute Gasteiger partial charge is 0.325 e. The molecule has 10 N–H and O–H groups in total. The van der Waals surface area contributed by atoms with Gasteiger partial charge in [0.25, 0.3) is 17.5 Å². The van der Waals surface area contributed by atoms with Gasteiger partial charge in [-0.2, -0.15) is 20.2 Å². The number of halogens is 10. The number of urea groups is 1. The Hall–Kier alpha value is -12.2. The number of hydrogen-bond donors (Lipinski definition) is 8. The number of hydrogen-bond acceptors (Lipinski definition) is 25. The van der Waals surface area contributed by atoms with E-state index < -0.39 is 35.4 Å². The number of primary amides is 2. The highest BCUT2D eigenvalue weighted by Gasteiger charge is 2.40. The molecule has 6 aliphatic heterocycles. The lowest BCUT2D eigenvalue weighted by Gasteiger charge is -2.32. The molecule has 1 atom stereocenters. The standard InChI is InChI=1S/C25H30F2N6.C20H23ClF2N4.C18H24F2N6.C15H19NO3.C14H13Cl2N3.C14H15N3O2.CH4N2O.ClH/c1-17-14-18(2)33(31-17)24-29-22-16-32(15-19-6-4-3-5-7-19)13-10-21(22)23(30-24)28-20-8-11-25(26,27)12-9-20;21-19-25-17-13-27(12-14-4-2-1-3-5-14)11-8-16(17)18(26-19)24-15-6-9-20(22,23)10-7-15;1-11-9-12(2)26(25-11)17-23-15-10-21-8-5-14(15)16(24-17)22-13-3-6-18(19,20)7-4-13;1-2-19-15(18)13-8-9-16(11-14(13)17)10-12-6-4-3-5-7-12;15-13-11-6-7-19(8-10-4-2-1-3-5-10)9-12(11)17-14(16)18-13;18-13-11-6-7-17(8-10-4-2-1-3-5-10)9-12(11)15-14(19)16-13;2-1(3)4;/h3-7,14,20H,8-13,15-16H2,1-2H3,(H,28,29,30);1-5,15H,6-13H2,(H,24,25,26);9,13,21H,3-8,10H2,1-2H3,(H,22,23,24);3-7,13H,2,8-11H2,1H3;1-5H,6-9H2;1-5H,6-9H2,(H2,15,16,18,19);(H4,2,3,4);1H. The fraction of sp³-hybridized carbons (Fsp3) is 0.449. The lowest BCUT2D eigenvalue weighted by molar-refractivity contribution is -0.153. The minimum absolute atomic E-state index is 0. The van der Waals surface area contributed by atoms with Gasteiger partial charge in [-0.25, -0.2) is 75.2 Å². The number of Topliss-reactive ketones (excluding diaryl/α,β-unsaturated/α-hetero) is 1. The van der Waals surface area contributed by atoms with E-state index >= 15 is 0 Å². The zero-order chi connectivity index (χ0) is 104. The first kappa shape index (κ1) is 111. The molecule has 0 radical (unpaired) electrons. The maximum Gasteiger partial charge on any atom is 0.325 e. The molecule has 13 heterocycles. The molecule has 41 heteroatoms. The summed E-state index contributed by atoms with van der Waals surface area (Å²) >= 11 is 18.1. The fourth-order valence-electron chi connectivity index (χ4n) is 19.8. The third kappa shape index (κ3) is 32.2. The summed E-state index contributed by atoms with van der Waals surface area (Å²) in [7, 11) is 0. The Morgan fingerprint density at radius 2 is 0.770 bits per heavy atom. The molecule has 21 rings (SSSR count). The number of aromatic amines is 2. The monoisotopic (exact) mass is 2110 g/mol. The number of amides is 2. The number of benzene rings is 5. The second kappa shape index (κ2) is 52.3. The van der Waals surface area contributed by atoms with Crippen LogP contribution in [0.15, 0.2) is 173 Å². The predicted molar refractivity (Wildman–Crippen MR) is 561 cm³/mol. The Kier molecular flexibility index (Phi) is 39.4. The molecular formula is C107H129Cl4F6N25O6. The van der Waals surface area contributed by atoms with E-state index in [1.165, 1.54) is 27.8 Å². The van der Waals surface area contributed by atoms with E-state index in [1.54, 1.807) is 16.3 Å². The first-order valence-electron chi connectivity index (χ1n) is 50.3. The highest BCUT2D eigenvalue weighted by atomic mass is 35.5. The molecule has 0 spiro atoms. The highest BCUT2D eigenvalue weighted by molar-refractivity contribution is 6.32. The van der Waals surface area contributed by atoms with Crippen molar-refractivity contribution < 1.29 is 45.5 Å². The fourth-order valence-corrected chi connectivity index (χ4v) is 20.5. The molecule has 1 saturated heterocycles. The lowest BCUT2D eigenvalue weighted by atomic mass is 9.92. The summed E-state index contributed by atoms with van der Waals surface area (Å²) in [6.45, 7) is 23.2. The van der Waals surface area contributed by atoms with Crippen LogP contribution in [-0.4, -0.2) is 200 Å². The number of esters is 1. The van der Waals surface area contributed by atoms with Crippen LogP contribution in [0.2, 0.25) is 15.7 Å². The van der Waals surface area contributed by atoms with E-state index in [9.17, 15) is 45.5 Å². The van der Waals surface area contributed by atoms with E-state index in [1.807, 2.05) is 119 Å². The topological polar surface area (TPSA) is 381 Å². The number of fused-ring (bicyclic) bond motifs is 5. The number of anilines is 3. The number of nitrogens with zero attached hydrogens (tertiary/aromatic N) is 17. The number of carbonyl (C=O) groups excluding carboxylic acids is 3. The first-order chi connectivity index (χ1) is 70.6. The summed E-state index contributed by atoms with van der Waals surface area (Å²) in [5.41, 5.74) is 27.4. The van der Waals surface area contributed by atoms with Gasteiger partial charge in [0.1, 0.15) is 28.5 Å². The SMILES string of the molecule is CCOC(=O)C1CCN(Cc2ccccc2)CC1=O.Cc1cc(C)n(-c2nc3c(c(NC4CCC(F)(F)CC4)n2)CCN(Cc2ccccc2)C3)n1.Cc1cc(C)n(-c2nc3c(c(NC4CCC(F)(F)CC4)n2)CCNC3)n1.Cl.Clc1nc(Cl)c2c(n1)CN(Cc1ccccc1)CC2.FC1(F)CCC(Nc2nc(Cl)nc3c2CCN(Cc2ccccc2)C3)CC1.NC(N)=O.O=c1[nH]c2c(c(=O)[nH]1)CCN(Cc1ccccc1)C2. The van der Waals surface area contributed by atoms with E-state index in [2.05, 4.69) is 170 Å². The number of carbonyl (C=O) groups is 3. The van der Waals surface area contributed by atoms with Gasteiger partial charge in [-0.05, 0) is 181 Å². The third-order valence-corrected chi connectivity index (χ3v) is 28.0. The molecule has 9 aliphatic rings. The maximum atomic E-state index is 13.7. The highest BCUT2D eigenvalue weighted by Crippen LogP contribution is 2.40. The van der Waals surface area contributed by atoms with Gasteiger partial charge in [-0.3, -0.25) is 43.9 Å². The number of ketones is 1. The van der Waals surface area contributed by atoms with Crippen LogP contribution < -0.4 is 44.0 Å².